The fraction of sp³-hybridized carbons (Fsp3) is 0.222. The standard InChI is InChI=1S/C9H8F2O3S/c1-14-6-3-2-4-7(5-6)15-9(10,11)8(12)13/h2-5H,1H3,(H,12,13). The van der Waals surface area contributed by atoms with Crippen molar-refractivity contribution < 1.29 is 23.4 Å². The second-order valence-corrected chi connectivity index (χ2v) is 3.79. The maximum Gasteiger partial charge on any atom is 0.393 e. The summed E-state index contributed by atoms with van der Waals surface area (Å²) in [6, 6.07) is 5.84. The zero-order chi connectivity index (χ0) is 11.5. The Bertz CT molecular complexity index is 368. The van der Waals surface area contributed by atoms with Gasteiger partial charge in [0.2, 0.25) is 0 Å². The molecule has 0 unspecified atom stereocenters. The van der Waals surface area contributed by atoms with Crippen LogP contribution in [-0.4, -0.2) is 23.4 Å². The number of thioether (sulfide) groups is 1. The van der Waals surface area contributed by atoms with Crippen LogP contribution in [0, 0.1) is 0 Å². The molecule has 0 spiro atoms. The molecule has 0 heterocycles. The third-order valence-electron chi connectivity index (χ3n) is 1.54. The van der Waals surface area contributed by atoms with Crippen molar-refractivity contribution in [1.82, 2.24) is 0 Å². The van der Waals surface area contributed by atoms with Gasteiger partial charge in [-0.05, 0) is 30.0 Å². The molecule has 0 aliphatic heterocycles. The molecule has 82 valence electrons. The van der Waals surface area contributed by atoms with Crippen LogP contribution < -0.4 is 4.74 Å². The summed E-state index contributed by atoms with van der Waals surface area (Å²) in [6.45, 7) is 0. The molecule has 0 bridgehead atoms. The van der Waals surface area contributed by atoms with Gasteiger partial charge in [0.15, 0.2) is 0 Å². The van der Waals surface area contributed by atoms with Gasteiger partial charge in [-0.15, -0.1) is 0 Å². The Morgan fingerprint density at radius 1 is 1.53 bits per heavy atom. The third kappa shape index (κ3) is 3.09. The molecule has 1 rings (SSSR count). The molecule has 1 aromatic carbocycles. The summed E-state index contributed by atoms with van der Waals surface area (Å²) in [5.74, 6) is -1.75. The first kappa shape index (κ1) is 11.8. The van der Waals surface area contributed by atoms with Gasteiger partial charge in [-0.1, -0.05) is 6.07 Å². The summed E-state index contributed by atoms with van der Waals surface area (Å²) in [5.41, 5.74) is 0. The molecule has 6 heteroatoms. The molecule has 0 saturated heterocycles. The van der Waals surface area contributed by atoms with Crippen molar-refractivity contribution in [3.8, 4) is 5.75 Å². The largest absolute Gasteiger partial charge is 0.497 e. The fourth-order valence-corrected chi connectivity index (χ4v) is 1.56. The van der Waals surface area contributed by atoms with Gasteiger partial charge in [0, 0.05) is 4.90 Å². The van der Waals surface area contributed by atoms with Crippen LogP contribution >= 0.6 is 11.8 Å². The summed E-state index contributed by atoms with van der Waals surface area (Å²) >= 11 is -0.0294. The predicted molar refractivity (Wildman–Crippen MR) is 51.4 cm³/mol. The van der Waals surface area contributed by atoms with Gasteiger partial charge in [-0.25, -0.2) is 4.79 Å². The number of methoxy groups -OCH3 is 1. The van der Waals surface area contributed by atoms with Gasteiger partial charge in [-0.3, -0.25) is 0 Å². The molecule has 0 aliphatic carbocycles. The van der Waals surface area contributed by atoms with Crippen molar-refractivity contribution >= 4 is 17.7 Å². The molecule has 0 amide bonds. The predicted octanol–water partition coefficient (Wildman–Crippen LogP) is 2.46. The number of aliphatic carboxylic acids is 1. The molecule has 0 saturated carbocycles. The summed E-state index contributed by atoms with van der Waals surface area (Å²) < 4.78 is 30.4. The lowest BCUT2D eigenvalue weighted by Crippen LogP contribution is -2.23. The van der Waals surface area contributed by atoms with E-state index in [0.29, 0.717) is 5.75 Å². The monoisotopic (exact) mass is 234 g/mol. The summed E-state index contributed by atoms with van der Waals surface area (Å²) in [4.78, 5) is 10.3. The lowest BCUT2D eigenvalue weighted by atomic mass is 10.3. The molecular weight excluding hydrogens is 226 g/mol. The Labute approximate surface area is 89.0 Å². The number of rotatable bonds is 4. The van der Waals surface area contributed by atoms with E-state index >= 15 is 0 Å². The third-order valence-corrected chi connectivity index (χ3v) is 2.46. The second kappa shape index (κ2) is 4.48. The van der Waals surface area contributed by atoms with Crippen molar-refractivity contribution in [2.24, 2.45) is 0 Å². The van der Waals surface area contributed by atoms with Crippen molar-refractivity contribution in [1.29, 1.82) is 0 Å². The molecule has 1 N–H and O–H groups in total. The number of ether oxygens (including phenoxy) is 1. The van der Waals surface area contributed by atoms with E-state index in [1.54, 1.807) is 6.07 Å². The molecule has 1 aromatic rings. The first-order chi connectivity index (χ1) is 6.95. The minimum Gasteiger partial charge on any atom is -0.497 e. The van der Waals surface area contributed by atoms with Gasteiger partial charge < -0.3 is 9.84 Å². The van der Waals surface area contributed by atoms with Crippen molar-refractivity contribution in [2.75, 3.05) is 7.11 Å². The van der Waals surface area contributed by atoms with Crippen molar-refractivity contribution in [3.05, 3.63) is 24.3 Å². The first-order valence-electron chi connectivity index (χ1n) is 3.90. The molecule has 3 nitrogen and oxygen atoms in total. The zero-order valence-corrected chi connectivity index (χ0v) is 8.55. The van der Waals surface area contributed by atoms with Crippen LogP contribution in [0.3, 0.4) is 0 Å². The summed E-state index contributed by atoms with van der Waals surface area (Å²) in [5, 5.41) is 4.40. The SMILES string of the molecule is COc1cccc(SC(F)(F)C(=O)O)c1. The van der Waals surface area contributed by atoms with E-state index in [-0.39, 0.29) is 16.7 Å². The highest BCUT2D eigenvalue weighted by atomic mass is 32.2. The fourth-order valence-electron chi connectivity index (χ4n) is 0.856. The molecule has 0 radical (unpaired) electrons. The van der Waals surface area contributed by atoms with Crippen LogP contribution in [-0.2, 0) is 4.79 Å². The Hall–Kier alpha value is -1.30. The van der Waals surface area contributed by atoms with Crippen LogP contribution in [0.15, 0.2) is 29.2 Å². The number of carboxylic acids is 1. The number of carbonyl (C=O) groups is 1. The molecule has 0 aliphatic rings. The number of hydrogen-bond donors (Lipinski definition) is 1. The number of halogens is 2. The van der Waals surface area contributed by atoms with Crippen LogP contribution in [0.2, 0.25) is 0 Å². The van der Waals surface area contributed by atoms with Crippen molar-refractivity contribution in [2.45, 2.75) is 10.2 Å². The Morgan fingerprint density at radius 3 is 2.73 bits per heavy atom. The van der Waals surface area contributed by atoms with E-state index in [9.17, 15) is 13.6 Å². The van der Waals surface area contributed by atoms with E-state index in [1.807, 2.05) is 0 Å². The highest BCUT2D eigenvalue weighted by Crippen LogP contribution is 2.37. The number of benzene rings is 1. The number of alkyl halides is 2. The van der Waals surface area contributed by atoms with E-state index in [4.69, 9.17) is 9.84 Å². The smallest absolute Gasteiger partial charge is 0.393 e. The van der Waals surface area contributed by atoms with E-state index < -0.39 is 11.2 Å². The van der Waals surface area contributed by atoms with Gasteiger partial charge >= 0.3 is 11.2 Å². The van der Waals surface area contributed by atoms with Crippen LogP contribution in [0.1, 0.15) is 0 Å². The molecule has 0 atom stereocenters. The number of carboxylic acid groups (broad SMARTS) is 1. The minimum absolute atomic E-state index is 0.0294. The lowest BCUT2D eigenvalue weighted by molar-refractivity contribution is -0.152. The molecular formula is C9H8F2O3S. The van der Waals surface area contributed by atoms with Crippen molar-refractivity contribution in [3.63, 3.8) is 0 Å². The van der Waals surface area contributed by atoms with Crippen LogP contribution in [0.25, 0.3) is 0 Å². The Morgan fingerprint density at radius 2 is 2.20 bits per heavy atom. The van der Waals surface area contributed by atoms with Gasteiger partial charge in [0.1, 0.15) is 5.75 Å². The normalized spacial score (nSPS) is 11.1. The van der Waals surface area contributed by atoms with Crippen LogP contribution in [0.4, 0.5) is 8.78 Å². The zero-order valence-electron chi connectivity index (χ0n) is 7.74. The maximum atomic E-state index is 12.8. The number of hydrogen-bond acceptors (Lipinski definition) is 3. The van der Waals surface area contributed by atoms with Gasteiger partial charge in [-0.2, -0.15) is 8.78 Å². The highest BCUT2D eigenvalue weighted by Gasteiger charge is 2.40. The lowest BCUT2D eigenvalue weighted by Gasteiger charge is -2.10. The molecule has 15 heavy (non-hydrogen) atoms. The minimum atomic E-state index is -3.83. The van der Waals surface area contributed by atoms with E-state index in [0.717, 1.165) is 0 Å². The maximum absolute atomic E-state index is 12.8. The average molecular weight is 234 g/mol. The van der Waals surface area contributed by atoms with E-state index in [2.05, 4.69) is 0 Å². The van der Waals surface area contributed by atoms with Gasteiger partial charge in [0.05, 0.1) is 7.11 Å². The molecule has 0 aromatic heterocycles. The second-order valence-electron chi connectivity index (χ2n) is 2.60. The Kier molecular flexibility index (Phi) is 3.52. The summed E-state index contributed by atoms with van der Waals surface area (Å²) in [6.07, 6.45) is 0. The van der Waals surface area contributed by atoms with Gasteiger partial charge in [0.25, 0.3) is 0 Å². The highest BCUT2D eigenvalue weighted by molar-refractivity contribution is 8.01. The first-order valence-corrected chi connectivity index (χ1v) is 4.71. The molecule has 0 fully saturated rings. The van der Waals surface area contributed by atoms with E-state index in [1.165, 1.54) is 25.3 Å². The average Bonchev–Trinajstić information content (AvgIpc) is 2.17. The summed E-state index contributed by atoms with van der Waals surface area (Å²) in [7, 11) is 1.40. The Balaban J connectivity index is 2.85. The van der Waals surface area contributed by atoms with Crippen LogP contribution in [0.5, 0.6) is 5.75 Å². The topological polar surface area (TPSA) is 46.5 Å². The quantitative estimate of drug-likeness (QED) is 0.813.